The van der Waals surface area contributed by atoms with Crippen molar-refractivity contribution in [2.45, 2.75) is 76.4 Å². The quantitative estimate of drug-likeness (QED) is 0.865. The van der Waals surface area contributed by atoms with Gasteiger partial charge in [0.05, 0.1) is 6.04 Å². The van der Waals surface area contributed by atoms with Crippen molar-refractivity contribution in [1.82, 2.24) is 9.80 Å². The fourth-order valence-electron chi connectivity index (χ4n) is 4.59. The standard InChI is InChI=1S/C17H31N3O/c1-13-11-19-9-5-8-15(19)12-20(13)17(21)16(18)10-14-6-3-2-4-7-14/h13-16H,2-12,18H2,1H3. The second-order valence-electron chi connectivity index (χ2n) is 7.48. The molecule has 0 spiro atoms. The molecule has 120 valence electrons. The molecule has 0 aromatic rings. The summed E-state index contributed by atoms with van der Waals surface area (Å²) in [6.07, 6.45) is 9.98. The Hall–Kier alpha value is -0.610. The van der Waals surface area contributed by atoms with Gasteiger partial charge in [0.2, 0.25) is 5.91 Å². The Morgan fingerprint density at radius 1 is 1.14 bits per heavy atom. The van der Waals surface area contributed by atoms with Crippen molar-refractivity contribution in [2.75, 3.05) is 19.6 Å². The van der Waals surface area contributed by atoms with Crippen molar-refractivity contribution in [2.24, 2.45) is 11.7 Å². The second-order valence-corrected chi connectivity index (χ2v) is 7.48. The van der Waals surface area contributed by atoms with Crippen LogP contribution in [0.2, 0.25) is 0 Å². The SMILES string of the molecule is CC1CN2CCCC2CN1C(=O)C(N)CC1CCCCC1. The zero-order chi connectivity index (χ0) is 14.8. The van der Waals surface area contributed by atoms with Gasteiger partial charge in [-0.2, -0.15) is 0 Å². The Morgan fingerprint density at radius 2 is 1.90 bits per heavy atom. The normalized spacial score (nSPS) is 33.0. The van der Waals surface area contributed by atoms with Crippen LogP contribution in [-0.2, 0) is 4.79 Å². The molecule has 0 aromatic carbocycles. The lowest BCUT2D eigenvalue weighted by Crippen LogP contribution is -2.59. The third-order valence-corrected chi connectivity index (χ3v) is 5.85. The van der Waals surface area contributed by atoms with Crippen molar-refractivity contribution >= 4 is 5.91 Å². The van der Waals surface area contributed by atoms with Gasteiger partial charge in [-0.15, -0.1) is 0 Å². The van der Waals surface area contributed by atoms with Crippen molar-refractivity contribution < 1.29 is 4.79 Å². The van der Waals surface area contributed by atoms with Gasteiger partial charge in [0.15, 0.2) is 0 Å². The highest BCUT2D eigenvalue weighted by Gasteiger charge is 2.38. The zero-order valence-corrected chi connectivity index (χ0v) is 13.5. The lowest BCUT2D eigenvalue weighted by molar-refractivity contribution is -0.138. The highest BCUT2D eigenvalue weighted by atomic mass is 16.2. The van der Waals surface area contributed by atoms with E-state index in [0.29, 0.717) is 18.0 Å². The number of carbonyl (C=O) groups excluding carboxylic acids is 1. The van der Waals surface area contributed by atoms with Gasteiger partial charge in [0.1, 0.15) is 0 Å². The summed E-state index contributed by atoms with van der Waals surface area (Å²) in [7, 11) is 0. The van der Waals surface area contributed by atoms with Crippen LogP contribution in [0, 0.1) is 5.92 Å². The topological polar surface area (TPSA) is 49.6 Å². The third-order valence-electron chi connectivity index (χ3n) is 5.85. The highest BCUT2D eigenvalue weighted by Crippen LogP contribution is 2.29. The minimum absolute atomic E-state index is 0.208. The molecule has 3 fully saturated rings. The summed E-state index contributed by atoms with van der Waals surface area (Å²) in [5.41, 5.74) is 6.27. The van der Waals surface area contributed by atoms with Crippen molar-refractivity contribution in [3.8, 4) is 0 Å². The summed E-state index contributed by atoms with van der Waals surface area (Å²) < 4.78 is 0. The van der Waals surface area contributed by atoms with Crippen LogP contribution in [0.25, 0.3) is 0 Å². The average Bonchev–Trinajstić information content (AvgIpc) is 2.93. The maximum absolute atomic E-state index is 12.8. The molecule has 2 N–H and O–H groups in total. The third kappa shape index (κ3) is 3.42. The van der Waals surface area contributed by atoms with Crippen LogP contribution in [0.3, 0.4) is 0 Å². The molecule has 0 aromatic heterocycles. The molecule has 1 saturated carbocycles. The number of fused-ring (bicyclic) bond motifs is 1. The van der Waals surface area contributed by atoms with Gasteiger partial charge in [-0.1, -0.05) is 32.1 Å². The molecular weight excluding hydrogens is 262 g/mol. The Kier molecular flexibility index (Phi) is 4.85. The summed E-state index contributed by atoms with van der Waals surface area (Å²) in [6.45, 7) is 5.33. The average molecular weight is 293 g/mol. The van der Waals surface area contributed by atoms with Gasteiger partial charge >= 0.3 is 0 Å². The van der Waals surface area contributed by atoms with Crippen LogP contribution < -0.4 is 5.73 Å². The highest BCUT2D eigenvalue weighted by molar-refractivity contribution is 5.82. The van der Waals surface area contributed by atoms with E-state index in [1.54, 1.807) is 0 Å². The number of piperazine rings is 1. The second kappa shape index (κ2) is 6.66. The lowest BCUT2D eigenvalue weighted by Gasteiger charge is -2.43. The van der Waals surface area contributed by atoms with Gasteiger partial charge < -0.3 is 10.6 Å². The number of hydrogen-bond acceptors (Lipinski definition) is 3. The molecule has 1 amide bonds. The molecule has 2 saturated heterocycles. The van der Waals surface area contributed by atoms with Crippen LogP contribution in [-0.4, -0.2) is 53.5 Å². The van der Waals surface area contributed by atoms with E-state index >= 15 is 0 Å². The first-order chi connectivity index (χ1) is 10.1. The molecule has 4 heteroatoms. The fraction of sp³-hybridized carbons (Fsp3) is 0.941. The van der Waals surface area contributed by atoms with Gasteiger partial charge in [0.25, 0.3) is 0 Å². The molecule has 3 rings (SSSR count). The summed E-state index contributed by atoms with van der Waals surface area (Å²) in [4.78, 5) is 17.4. The first-order valence-corrected chi connectivity index (χ1v) is 8.95. The number of rotatable bonds is 3. The molecule has 3 atom stereocenters. The molecule has 0 bridgehead atoms. The molecule has 2 aliphatic heterocycles. The summed E-state index contributed by atoms with van der Waals surface area (Å²) in [5.74, 6) is 0.889. The number of nitrogens with zero attached hydrogens (tertiary/aromatic N) is 2. The lowest BCUT2D eigenvalue weighted by atomic mass is 9.84. The fourth-order valence-corrected chi connectivity index (χ4v) is 4.59. The number of amides is 1. The van der Waals surface area contributed by atoms with Gasteiger partial charge in [-0.05, 0) is 38.6 Å². The molecule has 4 nitrogen and oxygen atoms in total. The molecule has 0 radical (unpaired) electrons. The van der Waals surface area contributed by atoms with Crippen molar-refractivity contribution in [1.29, 1.82) is 0 Å². The number of nitrogens with two attached hydrogens (primary N) is 1. The summed E-state index contributed by atoms with van der Waals surface area (Å²) in [5, 5.41) is 0. The maximum Gasteiger partial charge on any atom is 0.239 e. The van der Waals surface area contributed by atoms with E-state index in [2.05, 4.69) is 16.7 Å². The van der Waals surface area contributed by atoms with E-state index in [1.165, 1.54) is 51.5 Å². The molecule has 1 aliphatic carbocycles. The van der Waals surface area contributed by atoms with Gasteiger partial charge in [-0.25, -0.2) is 0 Å². The first kappa shape index (κ1) is 15.3. The van der Waals surface area contributed by atoms with E-state index in [0.717, 1.165) is 19.5 Å². The minimum Gasteiger partial charge on any atom is -0.336 e. The Balaban J connectivity index is 1.55. The largest absolute Gasteiger partial charge is 0.336 e. The minimum atomic E-state index is -0.275. The van der Waals surface area contributed by atoms with Crippen LogP contribution in [0.1, 0.15) is 58.3 Å². The van der Waals surface area contributed by atoms with E-state index in [4.69, 9.17) is 5.73 Å². The van der Waals surface area contributed by atoms with Crippen molar-refractivity contribution in [3.63, 3.8) is 0 Å². The molecule has 3 aliphatic rings. The number of carbonyl (C=O) groups is 1. The Bertz CT molecular complexity index is 367. The van der Waals surface area contributed by atoms with Gasteiger partial charge in [0, 0.05) is 25.2 Å². The molecule has 2 heterocycles. The predicted octanol–water partition coefficient (Wildman–Crippen LogP) is 1.98. The molecular formula is C17H31N3O. The van der Waals surface area contributed by atoms with E-state index in [9.17, 15) is 4.79 Å². The Labute approximate surface area is 129 Å². The van der Waals surface area contributed by atoms with Crippen LogP contribution in [0.4, 0.5) is 0 Å². The molecule has 3 unspecified atom stereocenters. The van der Waals surface area contributed by atoms with E-state index in [-0.39, 0.29) is 11.9 Å². The molecule has 21 heavy (non-hydrogen) atoms. The van der Waals surface area contributed by atoms with Crippen LogP contribution >= 0.6 is 0 Å². The Morgan fingerprint density at radius 3 is 2.67 bits per heavy atom. The van der Waals surface area contributed by atoms with Crippen LogP contribution in [0.15, 0.2) is 0 Å². The van der Waals surface area contributed by atoms with E-state index in [1.807, 2.05) is 0 Å². The predicted molar refractivity (Wildman–Crippen MR) is 84.9 cm³/mol. The van der Waals surface area contributed by atoms with Gasteiger partial charge in [-0.3, -0.25) is 9.69 Å². The maximum atomic E-state index is 12.8. The van der Waals surface area contributed by atoms with E-state index < -0.39 is 0 Å². The summed E-state index contributed by atoms with van der Waals surface area (Å²) in [6, 6.07) is 0.639. The monoisotopic (exact) mass is 293 g/mol. The first-order valence-electron chi connectivity index (χ1n) is 8.95. The van der Waals surface area contributed by atoms with Crippen molar-refractivity contribution in [3.05, 3.63) is 0 Å². The summed E-state index contributed by atoms with van der Waals surface area (Å²) >= 11 is 0. The zero-order valence-electron chi connectivity index (χ0n) is 13.5. The smallest absolute Gasteiger partial charge is 0.239 e. The number of hydrogen-bond donors (Lipinski definition) is 1. The van der Waals surface area contributed by atoms with Crippen LogP contribution in [0.5, 0.6) is 0 Å².